The van der Waals surface area contributed by atoms with Crippen molar-refractivity contribution in [3.05, 3.63) is 52.3 Å². The molecule has 0 bridgehead atoms. The van der Waals surface area contributed by atoms with Crippen LogP contribution in [-0.4, -0.2) is 28.9 Å². The highest BCUT2D eigenvalue weighted by atomic mass is 35.5. The minimum Gasteiger partial charge on any atom is -0.354 e. The van der Waals surface area contributed by atoms with Crippen molar-refractivity contribution in [3.8, 4) is 0 Å². The first-order chi connectivity index (χ1) is 11.5. The number of nitrogens with zero attached hydrogens (tertiary/aromatic N) is 2. The Morgan fingerprint density at radius 2 is 1.62 bits per heavy atom. The lowest BCUT2D eigenvalue weighted by Crippen LogP contribution is -2.32. The van der Waals surface area contributed by atoms with Crippen LogP contribution in [0.3, 0.4) is 0 Å². The lowest BCUT2D eigenvalue weighted by Gasteiger charge is -2.21. The molecular weight excluding hydrogens is 345 g/mol. The predicted molar refractivity (Wildman–Crippen MR) is 100 cm³/mol. The average molecular weight is 366 g/mol. The Morgan fingerprint density at radius 1 is 1.00 bits per heavy atom. The summed E-state index contributed by atoms with van der Waals surface area (Å²) in [6.45, 7) is 5.62. The summed E-state index contributed by atoms with van der Waals surface area (Å²) < 4.78 is 0. The lowest BCUT2D eigenvalue weighted by molar-refractivity contribution is 0.0755. The van der Waals surface area contributed by atoms with Crippen LogP contribution < -0.4 is 5.32 Å². The average Bonchev–Trinajstić information content (AvgIpc) is 2.53. The SMILES string of the molecule is CCCN(CCC)C(=O)c1cncc(Nc2cc(Cl)cc(Cl)c2)c1. The van der Waals surface area contributed by atoms with Gasteiger partial charge in [-0.1, -0.05) is 37.0 Å². The van der Waals surface area contributed by atoms with Gasteiger partial charge in [-0.25, -0.2) is 0 Å². The molecule has 0 radical (unpaired) electrons. The van der Waals surface area contributed by atoms with E-state index < -0.39 is 0 Å². The molecule has 1 aromatic heterocycles. The fraction of sp³-hybridized carbons (Fsp3) is 0.333. The molecule has 4 nitrogen and oxygen atoms in total. The summed E-state index contributed by atoms with van der Waals surface area (Å²) in [6, 6.07) is 6.99. The number of rotatable bonds is 7. The second-order valence-electron chi connectivity index (χ2n) is 5.54. The number of benzene rings is 1. The van der Waals surface area contributed by atoms with Gasteiger partial charge in [-0.3, -0.25) is 9.78 Å². The van der Waals surface area contributed by atoms with Crippen LogP contribution in [0.5, 0.6) is 0 Å². The Hall–Kier alpha value is -1.78. The van der Waals surface area contributed by atoms with Crippen LogP contribution in [0.4, 0.5) is 11.4 Å². The van der Waals surface area contributed by atoms with Crippen molar-refractivity contribution in [3.63, 3.8) is 0 Å². The van der Waals surface area contributed by atoms with Gasteiger partial charge in [0.15, 0.2) is 0 Å². The van der Waals surface area contributed by atoms with Crippen LogP contribution >= 0.6 is 23.2 Å². The number of anilines is 2. The number of hydrogen-bond acceptors (Lipinski definition) is 3. The summed E-state index contributed by atoms with van der Waals surface area (Å²) in [5, 5.41) is 4.27. The van der Waals surface area contributed by atoms with E-state index in [1.165, 1.54) is 0 Å². The Kier molecular flexibility index (Phi) is 6.88. The monoisotopic (exact) mass is 365 g/mol. The van der Waals surface area contributed by atoms with E-state index in [2.05, 4.69) is 24.1 Å². The summed E-state index contributed by atoms with van der Waals surface area (Å²) in [7, 11) is 0. The third-order valence-electron chi connectivity index (χ3n) is 3.41. The van der Waals surface area contributed by atoms with Crippen LogP contribution in [-0.2, 0) is 0 Å². The highest BCUT2D eigenvalue weighted by Crippen LogP contribution is 2.25. The second-order valence-corrected chi connectivity index (χ2v) is 6.41. The van der Waals surface area contributed by atoms with Crippen LogP contribution in [0.2, 0.25) is 10.0 Å². The molecule has 6 heteroatoms. The molecule has 0 aliphatic heterocycles. The topological polar surface area (TPSA) is 45.2 Å². The minimum absolute atomic E-state index is 0.000948. The van der Waals surface area contributed by atoms with E-state index in [0.29, 0.717) is 21.3 Å². The van der Waals surface area contributed by atoms with Gasteiger partial charge in [0.05, 0.1) is 17.4 Å². The minimum atomic E-state index is -0.000948. The van der Waals surface area contributed by atoms with Gasteiger partial charge < -0.3 is 10.2 Å². The zero-order chi connectivity index (χ0) is 17.5. The summed E-state index contributed by atoms with van der Waals surface area (Å²) >= 11 is 12.0. The first kappa shape index (κ1) is 18.6. The third-order valence-corrected chi connectivity index (χ3v) is 3.85. The van der Waals surface area contributed by atoms with Gasteiger partial charge in [0.25, 0.3) is 5.91 Å². The molecule has 0 fully saturated rings. The van der Waals surface area contributed by atoms with Gasteiger partial charge in [-0.15, -0.1) is 0 Å². The van der Waals surface area contributed by atoms with E-state index in [1.54, 1.807) is 36.7 Å². The zero-order valence-electron chi connectivity index (χ0n) is 13.9. The first-order valence-corrected chi connectivity index (χ1v) is 8.76. The molecular formula is C18H21Cl2N3O. The Bertz CT molecular complexity index is 680. The van der Waals surface area contributed by atoms with Crippen LogP contribution in [0, 0.1) is 0 Å². The van der Waals surface area contributed by atoms with Crippen molar-refractivity contribution in [1.82, 2.24) is 9.88 Å². The van der Waals surface area contributed by atoms with Gasteiger partial charge in [0, 0.05) is 35.0 Å². The lowest BCUT2D eigenvalue weighted by atomic mass is 10.2. The molecule has 0 unspecified atom stereocenters. The normalized spacial score (nSPS) is 10.5. The van der Waals surface area contributed by atoms with Crippen molar-refractivity contribution < 1.29 is 4.79 Å². The number of hydrogen-bond donors (Lipinski definition) is 1. The molecule has 1 heterocycles. The first-order valence-electron chi connectivity index (χ1n) is 8.01. The molecule has 0 atom stereocenters. The molecule has 2 aromatic rings. The maximum absolute atomic E-state index is 12.7. The zero-order valence-corrected chi connectivity index (χ0v) is 15.4. The van der Waals surface area contributed by atoms with Crippen molar-refractivity contribution in [2.45, 2.75) is 26.7 Å². The van der Waals surface area contributed by atoms with E-state index in [-0.39, 0.29) is 5.91 Å². The van der Waals surface area contributed by atoms with Crippen LogP contribution in [0.15, 0.2) is 36.7 Å². The summed E-state index contributed by atoms with van der Waals surface area (Å²) in [6.07, 6.45) is 5.11. The molecule has 1 N–H and O–H groups in total. The van der Waals surface area contributed by atoms with Crippen LogP contribution in [0.25, 0.3) is 0 Å². The number of pyridine rings is 1. The van der Waals surface area contributed by atoms with Crippen molar-refractivity contribution in [2.24, 2.45) is 0 Å². The third kappa shape index (κ3) is 5.11. The smallest absolute Gasteiger partial charge is 0.255 e. The van der Waals surface area contributed by atoms with Crippen molar-refractivity contribution >= 4 is 40.5 Å². The molecule has 0 aliphatic carbocycles. The molecule has 0 saturated carbocycles. The molecule has 1 amide bonds. The summed E-state index contributed by atoms with van der Waals surface area (Å²) in [4.78, 5) is 18.7. The van der Waals surface area contributed by atoms with Gasteiger partial charge in [-0.2, -0.15) is 0 Å². The predicted octanol–water partition coefficient (Wildman–Crippen LogP) is 5.39. The number of amides is 1. The maximum Gasteiger partial charge on any atom is 0.255 e. The van der Waals surface area contributed by atoms with Gasteiger partial charge >= 0.3 is 0 Å². The molecule has 2 rings (SSSR count). The quantitative estimate of drug-likeness (QED) is 0.714. The van der Waals surface area contributed by atoms with E-state index >= 15 is 0 Å². The Balaban J connectivity index is 2.20. The number of aromatic nitrogens is 1. The van der Waals surface area contributed by atoms with E-state index in [0.717, 1.165) is 31.6 Å². The second kappa shape index (κ2) is 8.90. The highest BCUT2D eigenvalue weighted by Gasteiger charge is 2.15. The molecule has 1 aromatic carbocycles. The van der Waals surface area contributed by atoms with Crippen molar-refractivity contribution in [2.75, 3.05) is 18.4 Å². The Labute approximate surface area is 152 Å². The largest absolute Gasteiger partial charge is 0.354 e. The van der Waals surface area contributed by atoms with E-state index in [9.17, 15) is 4.79 Å². The molecule has 0 spiro atoms. The van der Waals surface area contributed by atoms with Gasteiger partial charge in [0.2, 0.25) is 0 Å². The molecule has 128 valence electrons. The fourth-order valence-corrected chi connectivity index (χ4v) is 2.98. The maximum atomic E-state index is 12.7. The number of carbonyl (C=O) groups is 1. The van der Waals surface area contributed by atoms with Gasteiger partial charge in [0.1, 0.15) is 0 Å². The molecule has 0 aliphatic rings. The summed E-state index contributed by atoms with van der Waals surface area (Å²) in [5.41, 5.74) is 2.03. The number of halogens is 2. The van der Waals surface area contributed by atoms with Crippen molar-refractivity contribution in [1.29, 1.82) is 0 Å². The number of nitrogens with one attached hydrogen (secondary N) is 1. The molecule has 24 heavy (non-hydrogen) atoms. The Morgan fingerprint density at radius 3 is 2.21 bits per heavy atom. The highest BCUT2D eigenvalue weighted by molar-refractivity contribution is 6.35. The summed E-state index contributed by atoms with van der Waals surface area (Å²) in [5.74, 6) is -0.000948. The number of carbonyl (C=O) groups excluding carboxylic acids is 1. The van der Waals surface area contributed by atoms with Crippen LogP contribution in [0.1, 0.15) is 37.0 Å². The standard InChI is InChI=1S/C18H21Cl2N3O/c1-3-5-23(6-4-2)18(24)13-7-17(12-21-11-13)22-16-9-14(19)8-15(20)10-16/h7-12,22H,3-6H2,1-2H3. The van der Waals surface area contributed by atoms with E-state index in [1.807, 2.05) is 4.90 Å². The molecule has 0 saturated heterocycles. The van der Waals surface area contributed by atoms with E-state index in [4.69, 9.17) is 23.2 Å². The fourth-order valence-electron chi connectivity index (χ4n) is 2.46. The van der Waals surface area contributed by atoms with Gasteiger partial charge in [-0.05, 0) is 37.1 Å².